The second-order valence-corrected chi connectivity index (χ2v) is 9.59. The van der Waals surface area contributed by atoms with Crippen LogP contribution in [0.4, 0.5) is 5.69 Å². The normalized spacial score (nSPS) is 24.5. The molecule has 0 radical (unpaired) electrons. The van der Waals surface area contributed by atoms with Crippen LogP contribution in [0, 0.1) is 5.92 Å². The van der Waals surface area contributed by atoms with Crippen molar-refractivity contribution in [3.05, 3.63) is 54.1 Å². The molecular weight excluding hydrogens is 440 g/mol. The summed E-state index contributed by atoms with van der Waals surface area (Å²) in [5.74, 6) is 1.40. The van der Waals surface area contributed by atoms with Crippen LogP contribution in [0.15, 0.2) is 48.5 Å². The quantitative estimate of drug-likeness (QED) is 0.598. The summed E-state index contributed by atoms with van der Waals surface area (Å²) in [6.45, 7) is 3.57. The number of carbonyl (C=O) groups is 2. The first-order valence-electron chi connectivity index (χ1n) is 11.3. The Labute approximate surface area is 197 Å². The Kier molecular flexibility index (Phi) is 6.70. The predicted octanol–water partition coefficient (Wildman–Crippen LogP) is 2.02. The molecule has 0 saturated carbocycles. The molecule has 3 N–H and O–H groups in total. The maximum Gasteiger partial charge on any atom is 0.234 e. The van der Waals surface area contributed by atoms with Gasteiger partial charge in [0.25, 0.3) is 0 Å². The molecule has 8 nitrogen and oxygen atoms in total. The molecule has 2 aromatic carbocycles. The molecule has 0 spiro atoms. The number of ether oxygens (including phenoxy) is 2. The Bertz CT molecular complexity index is 1010. The third-order valence-corrected chi connectivity index (χ3v) is 7.14. The summed E-state index contributed by atoms with van der Waals surface area (Å²) < 4.78 is 11.1. The van der Waals surface area contributed by atoms with E-state index in [1.54, 1.807) is 18.2 Å². The van der Waals surface area contributed by atoms with Crippen LogP contribution in [-0.2, 0) is 16.1 Å². The number of benzene rings is 2. The van der Waals surface area contributed by atoms with E-state index < -0.39 is 0 Å². The van der Waals surface area contributed by atoms with Gasteiger partial charge in [0, 0.05) is 37.4 Å². The van der Waals surface area contributed by atoms with E-state index in [9.17, 15) is 9.59 Å². The van der Waals surface area contributed by atoms with Crippen molar-refractivity contribution in [1.82, 2.24) is 15.5 Å². The van der Waals surface area contributed by atoms with Gasteiger partial charge in [-0.1, -0.05) is 30.3 Å². The summed E-state index contributed by atoms with van der Waals surface area (Å²) in [7, 11) is 0. The number of fused-ring (bicyclic) bond motifs is 2. The van der Waals surface area contributed by atoms with Crippen molar-refractivity contribution < 1.29 is 19.1 Å². The van der Waals surface area contributed by atoms with Crippen LogP contribution in [0.3, 0.4) is 0 Å². The van der Waals surface area contributed by atoms with Crippen LogP contribution >= 0.6 is 11.8 Å². The molecule has 3 unspecified atom stereocenters. The number of nitrogens with zero attached hydrogens (tertiary/aromatic N) is 1. The van der Waals surface area contributed by atoms with Gasteiger partial charge in [-0.3, -0.25) is 19.8 Å². The second-order valence-electron chi connectivity index (χ2n) is 8.50. The molecule has 2 aromatic rings. The highest BCUT2D eigenvalue weighted by atomic mass is 32.2. The summed E-state index contributed by atoms with van der Waals surface area (Å²) in [6.07, 6.45) is 0.908. The lowest BCUT2D eigenvalue weighted by molar-refractivity contribution is -0.130. The summed E-state index contributed by atoms with van der Waals surface area (Å²) in [4.78, 5) is 27.6. The fraction of sp³-hybridized carbons (Fsp3) is 0.417. The zero-order valence-corrected chi connectivity index (χ0v) is 19.1. The molecule has 3 aliphatic rings. The molecule has 0 aromatic heterocycles. The zero-order valence-electron chi connectivity index (χ0n) is 18.3. The van der Waals surface area contributed by atoms with Gasteiger partial charge < -0.3 is 20.1 Å². The highest BCUT2D eigenvalue weighted by Gasteiger charge is 2.40. The number of nitrogens with one attached hydrogen (secondary N) is 3. The second kappa shape index (κ2) is 10.0. The van der Waals surface area contributed by atoms with E-state index >= 15 is 0 Å². The monoisotopic (exact) mass is 468 g/mol. The van der Waals surface area contributed by atoms with Gasteiger partial charge in [0.1, 0.15) is 18.7 Å². The van der Waals surface area contributed by atoms with Gasteiger partial charge in [-0.15, -0.1) is 11.8 Å². The zero-order chi connectivity index (χ0) is 22.6. The van der Waals surface area contributed by atoms with E-state index in [2.05, 4.69) is 33.0 Å². The fourth-order valence-electron chi connectivity index (χ4n) is 4.51. The molecule has 3 atom stereocenters. The highest BCUT2D eigenvalue weighted by molar-refractivity contribution is 8.00. The first-order valence-corrected chi connectivity index (χ1v) is 12.3. The third-order valence-electron chi connectivity index (χ3n) is 6.13. The van der Waals surface area contributed by atoms with Crippen molar-refractivity contribution in [3.8, 4) is 11.5 Å². The summed E-state index contributed by atoms with van der Waals surface area (Å²) >= 11 is 1.39. The number of likely N-dealkylation sites (tertiary alicyclic amines) is 1. The number of hydrogen-bond donors (Lipinski definition) is 3. The Morgan fingerprint density at radius 2 is 1.94 bits per heavy atom. The van der Waals surface area contributed by atoms with E-state index in [0.29, 0.717) is 30.4 Å². The maximum absolute atomic E-state index is 12.8. The highest BCUT2D eigenvalue weighted by Crippen LogP contribution is 2.32. The van der Waals surface area contributed by atoms with Crippen molar-refractivity contribution in [2.45, 2.75) is 24.5 Å². The SMILES string of the molecule is O=C(CSC1NC(=O)C2CN(Cc3ccccc3)CCC2N1)Nc1ccc2c(c1)OCCO2. The molecule has 2 saturated heterocycles. The van der Waals surface area contributed by atoms with Crippen molar-refractivity contribution in [1.29, 1.82) is 0 Å². The molecule has 0 bridgehead atoms. The summed E-state index contributed by atoms with van der Waals surface area (Å²) in [6, 6.07) is 15.8. The smallest absolute Gasteiger partial charge is 0.234 e. The Hall–Kier alpha value is -2.75. The molecule has 5 rings (SSSR count). The number of carbonyl (C=O) groups excluding carboxylic acids is 2. The minimum Gasteiger partial charge on any atom is -0.486 e. The molecule has 3 heterocycles. The summed E-state index contributed by atoms with van der Waals surface area (Å²) in [5.41, 5.74) is 1.65. The van der Waals surface area contributed by atoms with Crippen LogP contribution in [0.25, 0.3) is 0 Å². The van der Waals surface area contributed by atoms with Crippen molar-refractivity contribution >= 4 is 29.3 Å². The Morgan fingerprint density at radius 1 is 1.12 bits per heavy atom. The summed E-state index contributed by atoms with van der Waals surface area (Å²) in [5, 5.41) is 9.43. The lowest BCUT2D eigenvalue weighted by Gasteiger charge is -2.43. The predicted molar refractivity (Wildman–Crippen MR) is 127 cm³/mol. The van der Waals surface area contributed by atoms with E-state index in [1.807, 2.05) is 18.2 Å². The van der Waals surface area contributed by atoms with E-state index in [0.717, 1.165) is 26.1 Å². The first-order chi connectivity index (χ1) is 16.1. The lowest BCUT2D eigenvalue weighted by Crippen LogP contribution is -2.64. The maximum atomic E-state index is 12.8. The topological polar surface area (TPSA) is 91.9 Å². The van der Waals surface area contributed by atoms with Crippen molar-refractivity contribution in [3.63, 3.8) is 0 Å². The van der Waals surface area contributed by atoms with E-state index in [1.165, 1.54) is 17.3 Å². The number of rotatable bonds is 6. The van der Waals surface area contributed by atoms with E-state index in [-0.39, 0.29) is 35.0 Å². The lowest BCUT2D eigenvalue weighted by atomic mass is 9.89. The third kappa shape index (κ3) is 5.43. The first kappa shape index (κ1) is 22.1. The number of thioether (sulfide) groups is 1. The molecule has 2 fully saturated rings. The average molecular weight is 469 g/mol. The van der Waals surface area contributed by atoms with Gasteiger partial charge in [0.15, 0.2) is 11.5 Å². The molecule has 0 aliphatic carbocycles. The number of amides is 2. The number of anilines is 1. The largest absolute Gasteiger partial charge is 0.486 e. The molecular formula is C24H28N4O4S. The number of piperidine rings is 1. The molecule has 2 amide bonds. The molecule has 9 heteroatoms. The Morgan fingerprint density at radius 3 is 2.79 bits per heavy atom. The van der Waals surface area contributed by atoms with Gasteiger partial charge >= 0.3 is 0 Å². The van der Waals surface area contributed by atoms with Crippen LogP contribution in [0.1, 0.15) is 12.0 Å². The number of hydrogen-bond acceptors (Lipinski definition) is 7. The Balaban J connectivity index is 1.09. The average Bonchev–Trinajstić information content (AvgIpc) is 2.84. The van der Waals surface area contributed by atoms with Gasteiger partial charge in [-0.2, -0.15) is 0 Å². The molecule has 174 valence electrons. The van der Waals surface area contributed by atoms with Gasteiger partial charge in [-0.25, -0.2) is 0 Å². The molecule has 3 aliphatic heterocycles. The van der Waals surface area contributed by atoms with E-state index in [4.69, 9.17) is 9.47 Å². The standard InChI is InChI=1S/C24H28N4O4S/c29-22(25-17-6-7-20-21(12-17)32-11-10-31-20)15-33-24-26-19-8-9-28(14-18(19)23(30)27-24)13-16-4-2-1-3-5-16/h1-7,12,18-19,24,26H,8-11,13-15H2,(H,25,29)(H,27,30). The van der Waals surface area contributed by atoms with Crippen LogP contribution < -0.4 is 25.4 Å². The van der Waals surface area contributed by atoms with Gasteiger partial charge in [-0.05, 0) is 24.1 Å². The fourth-order valence-corrected chi connectivity index (χ4v) is 5.37. The van der Waals surface area contributed by atoms with Crippen LogP contribution in [0.2, 0.25) is 0 Å². The van der Waals surface area contributed by atoms with Crippen LogP contribution in [0.5, 0.6) is 11.5 Å². The van der Waals surface area contributed by atoms with Gasteiger partial charge in [0.05, 0.1) is 11.7 Å². The van der Waals surface area contributed by atoms with Crippen LogP contribution in [-0.4, -0.2) is 60.3 Å². The van der Waals surface area contributed by atoms with Crippen molar-refractivity contribution in [2.75, 3.05) is 37.4 Å². The molecule has 33 heavy (non-hydrogen) atoms. The minimum absolute atomic E-state index is 0.0567. The van der Waals surface area contributed by atoms with Gasteiger partial charge in [0.2, 0.25) is 11.8 Å². The minimum atomic E-state index is -0.273. The van der Waals surface area contributed by atoms with Crippen molar-refractivity contribution in [2.24, 2.45) is 5.92 Å².